The Morgan fingerprint density at radius 3 is 2.57 bits per heavy atom. The minimum atomic E-state index is 0. The van der Waals surface area contributed by atoms with Crippen molar-refractivity contribution in [3.05, 3.63) is 71.3 Å². The molecule has 2 aliphatic rings. The van der Waals surface area contributed by atoms with Crippen LogP contribution in [0.2, 0.25) is 0 Å². The van der Waals surface area contributed by atoms with E-state index in [1.807, 2.05) is 0 Å². The molecule has 4 rings (SSSR count). The third-order valence-corrected chi connectivity index (χ3v) is 5.64. The Bertz CT molecular complexity index is 639. The minimum Gasteiger partial charge on any atom is -0.311 e. The molecular formula is C21H26ClN. The second-order valence-electron chi connectivity index (χ2n) is 7.11. The Balaban J connectivity index is 0.00000156. The molecule has 23 heavy (non-hydrogen) atoms. The highest BCUT2D eigenvalue weighted by Gasteiger charge is 2.39. The minimum absolute atomic E-state index is 0. The van der Waals surface area contributed by atoms with Gasteiger partial charge in [0.15, 0.2) is 0 Å². The van der Waals surface area contributed by atoms with Gasteiger partial charge in [0.05, 0.1) is 0 Å². The van der Waals surface area contributed by atoms with E-state index in [1.54, 1.807) is 11.1 Å². The number of nitrogens with one attached hydrogen (secondary N) is 1. The molecule has 1 aliphatic carbocycles. The van der Waals surface area contributed by atoms with E-state index in [2.05, 4.69) is 66.8 Å². The lowest BCUT2D eigenvalue weighted by Crippen LogP contribution is -2.52. The molecule has 1 fully saturated rings. The molecule has 0 amide bonds. The quantitative estimate of drug-likeness (QED) is 0.839. The first-order chi connectivity index (χ1) is 10.8. The van der Waals surface area contributed by atoms with Gasteiger partial charge in [0.2, 0.25) is 0 Å². The number of hydrogen-bond donors (Lipinski definition) is 1. The monoisotopic (exact) mass is 327 g/mol. The molecule has 1 aliphatic heterocycles. The number of aryl methyl sites for hydroxylation is 1. The van der Waals surface area contributed by atoms with Crippen LogP contribution in [0.15, 0.2) is 54.6 Å². The Kier molecular flexibility index (Phi) is 5.08. The Labute approximate surface area is 145 Å². The fourth-order valence-corrected chi connectivity index (χ4v) is 4.68. The molecule has 0 aromatic heterocycles. The maximum atomic E-state index is 3.89. The second kappa shape index (κ2) is 7.07. The van der Waals surface area contributed by atoms with Gasteiger partial charge in [-0.2, -0.15) is 0 Å². The van der Waals surface area contributed by atoms with Crippen LogP contribution in [0.5, 0.6) is 0 Å². The third-order valence-electron chi connectivity index (χ3n) is 5.64. The summed E-state index contributed by atoms with van der Waals surface area (Å²) >= 11 is 0. The molecule has 1 nitrogen and oxygen atoms in total. The lowest BCUT2D eigenvalue weighted by Gasteiger charge is -2.45. The third kappa shape index (κ3) is 3.32. The smallest absolute Gasteiger partial charge is 0.0144 e. The first-order valence-corrected chi connectivity index (χ1v) is 8.69. The number of hydrogen-bond acceptors (Lipinski definition) is 1. The zero-order valence-electron chi connectivity index (χ0n) is 13.7. The fraction of sp³-hybridized carbons (Fsp3) is 0.429. The van der Waals surface area contributed by atoms with Crippen molar-refractivity contribution in [2.45, 2.75) is 50.6 Å². The predicted octanol–water partition coefficient (Wildman–Crippen LogP) is 4.75. The van der Waals surface area contributed by atoms with E-state index in [1.165, 1.54) is 24.8 Å². The molecule has 2 aromatic carbocycles. The summed E-state index contributed by atoms with van der Waals surface area (Å²) in [4.78, 5) is 0. The van der Waals surface area contributed by atoms with Gasteiger partial charge in [0.25, 0.3) is 0 Å². The number of fused-ring (bicyclic) bond motifs is 3. The Morgan fingerprint density at radius 2 is 1.74 bits per heavy atom. The van der Waals surface area contributed by atoms with Crippen LogP contribution in [0.3, 0.4) is 0 Å². The zero-order chi connectivity index (χ0) is 14.9. The van der Waals surface area contributed by atoms with Gasteiger partial charge in [-0.1, -0.05) is 54.6 Å². The Hall–Kier alpha value is -1.31. The molecule has 0 radical (unpaired) electrons. The van der Waals surface area contributed by atoms with E-state index >= 15 is 0 Å². The van der Waals surface area contributed by atoms with Gasteiger partial charge in [0, 0.05) is 12.1 Å². The average Bonchev–Trinajstić information content (AvgIpc) is 2.55. The molecule has 0 saturated carbocycles. The average molecular weight is 328 g/mol. The molecule has 2 heteroatoms. The lowest BCUT2D eigenvalue weighted by molar-refractivity contribution is 0.183. The highest BCUT2D eigenvalue weighted by Crippen LogP contribution is 2.43. The summed E-state index contributed by atoms with van der Waals surface area (Å²) in [7, 11) is 0. The summed E-state index contributed by atoms with van der Waals surface area (Å²) in [6.45, 7) is 2.35. The van der Waals surface area contributed by atoms with Gasteiger partial charge in [-0.15, -0.1) is 12.4 Å². The summed E-state index contributed by atoms with van der Waals surface area (Å²) in [5, 5.41) is 3.89. The van der Waals surface area contributed by atoms with Gasteiger partial charge in [0.1, 0.15) is 0 Å². The normalized spacial score (nSPS) is 29.1. The lowest BCUT2D eigenvalue weighted by atomic mass is 9.66. The van der Waals surface area contributed by atoms with Crippen molar-refractivity contribution in [3.8, 4) is 0 Å². The van der Waals surface area contributed by atoms with E-state index in [0.29, 0.717) is 12.1 Å². The van der Waals surface area contributed by atoms with Crippen LogP contribution in [0.4, 0.5) is 0 Å². The van der Waals surface area contributed by atoms with Gasteiger partial charge >= 0.3 is 0 Å². The summed E-state index contributed by atoms with van der Waals surface area (Å²) in [6.07, 6.45) is 5.03. The van der Waals surface area contributed by atoms with Crippen LogP contribution in [0.25, 0.3) is 0 Å². The molecule has 0 spiro atoms. The van der Waals surface area contributed by atoms with E-state index in [0.717, 1.165) is 18.3 Å². The van der Waals surface area contributed by atoms with Gasteiger partial charge in [-0.05, 0) is 61.1 Å². The van der Waals surface area contributed by atoms with Crippen LogP contribution in [0, 0.1) is 5.92 Å². The van der Waals surface area contributed by atoms with Crippen LogP contribution in [-0.4, -0.2) is 12.1 Å². The topological polar surface area (TPSA) is 12.0 Å². The van der Waals surface area contributed by atoms with Gasteiger partial charge < -0.3 is 5.32 Å². The number of piperidine rings is 1. The van der Waals surface area contributed by atoms with Crippen molar-refractivity contribution in [3.63, 3.8) is 0 Å². The number of halogens is 1. The summed E-state index contributed by atoms with van der Waals surface area (Å²) in [5.41, 5.74) is 4.69. The van der Waals surface area contributed by atoms with Crippen molar-refractivity contribution < 1.29 is 0 Å². The van der Waals surface area contributed by atoms with E-state index in [-0.39, 0.29) is 12.4 Å². The maximum absolute atomic E-state index is 3.89. The van der Waals surface area contributed by atoms with Crippen molar-refractivity contribution in [1.82, 2.24) is 5.32 Å². The fourth-order valence-electron chi connectivity index (χ4n) is 4.68. The number of rotatable bonds is 2. The summed E-state index contributed by atoms with van der Waals surface area (Å²) in [6, 6.07) is 21.3. The second-order valence-corrected chi connectivity index (χ2v) is 7.11. The van der Waals surface area contributed by atoms with Gasteiger partial charge in [-0.25, -0.2) is 0 Å². The SMILES string of the molecule is C[C@H]1CC2c3ccccc3CCC2[C@@H](Cc2ccccc2)N1.Cl. The highest BCUT2D eigenvalue weighted by molar-refractivity contribution is 5.85. The zero-order valence-corrected chi connectivity index (χ0v) is 14.6. The summed E-state index contributed by atoms with van der Waals surface area (Å²) < 4.78 is 0. The van der Waals surface area contributed by atoms with E-state index < -0.39 is 0 Å². The summed E-state index contributed by atoms with van der Waals surface area (Å²) in [5.74, 6) is 1.53. The van der Waals surface area contributed by atoms with Crippen LogP contribution in [-0.2, 0) is 12.8 Å². The Morgan fingerprint density at radius 1 is 1.00 bits per heavy atom. The standard InChI is InChI=1S/C21H25N.ClH/c1-15-13-20-18-10-6-5-9-17(18)11-12-19(20)21(22-15)14-16-7-3-2-4-8-16;/h2-10,15,19-22H,11-14H2,1H3;1H/t15-,19?,20?,21+;/m0./s1. The maximum Gasteiger partial charge on any atom is 0.0144 e. The predicted molar refractivity (Wildman–Crippen MR) is 99.4 cm³/mol. The number of benzene rings is 2. The van der Waals surface area contributed by atoms with E-state index in [4.69, 9.17) is 0 Å². The molecule has 1 saturated heterocycles. The first kappa shape index (κ1) is 16.5. The van der Waals surface area contributed by atoms with Crippen LogP contribution >= 0.6 is 12.4 Å². The van der Waals surface area contributed by atoms with Crippen LogP contribution < -0.4 is 5.32 Å². The van der Waals surface area contributed by atoms with Crippen molar-refractivity contribution in [1.29, 1.82) is 0 Å². The van der Waals surface area contributed by atoms with Gasteiger partial charge in [-0.3, -0.25) is 0 Å². The molecule has 4 atom stereocenters. The molecule has 2 aromatic rings. The van der Waals surface area contributed by atoms with Crippen LogP contribution in [0.1, 0.15) is 42.4 Å². The van der Waals surface area contributed by atoms with Crippen molar-refractivity contribution >= 4 is 12.4 Å². The molecule has 0 bridgehead atoms. The highest BCUT2D eigenvalue weighted by atomic mass is 35.5. The molecule has 1 heterocycles. The largest absolute Gasteiger partial charge is 0.311 e. The molecule has 1 N–H and O–H groups in total. The van der Waals surface area contributed by atoms with Crippen molar-refractivity contribution in [2.75, 3.05) is 0 Å². The van der Waals surface area contributed by atoms with Crippen molar-refractivity contribution in [2.24, 2.45) is 5.92 Å². The molecular weight excluding hydrogens is 302 g/mol. The van der Waals surface area contributed by atoms with E-state index in [9.17, 15) is 0 Å². The molecule has 2 unspecified atom stereocenters. The molecule has 122 valence electrons. The first-order valence-electron chi connectivity index (χ1n) is 8.69.